The number of halogens is 1. The van der Waals surface area contributed by atoms with E-state index in [1.54, 1.807) is 6.20 Å². The highest BCUT2D eigenvalue weighted by Crippen LogP contribution is 2.27. The second-order valence-electron chi connectivity index (χ2n) is 5.48. The van der Waals surface area contributed by atoms with E-state index in [1.165, 1.54) is 16.7 Å². The van der Waals surface area contributed by atoms with E-state index < -0.39 is 0 Å². The molecule has 0 amide bonds. The van der Waals surface area contributed by atoms with Gasteiger partial charge in [0, 0.05) is 18.4 Å². The van der Waals surface area contributed by atoms with E-state index in [2.05, 4.69) is 49.3 Å². The number of nitrogens with zero attached hydrogens (tertiary/aromatic N) is 1. The van der Waals surface area contributed by atoms with E-state index in [1.807, 2.05) is 12.3 Å². The molecule has 0 aliphatic carbocycles. The average Bonchev–Trinajstić information content (AvgIpc) is 2.47. The third-order valence-corrected chi connectivity index (χ3v) is 4.19. The summed E-state index contributed by atoms with van der Waals surface area (Å²) in [6, 6.07) is 8.70. The zero-order valence-corrected chi connectivity index (χ0v) is 13.7. The van der Waals surface area contributed by atoms with Crippen LogP contribution in [0.25, 0.3) is 0 Å². The normalized spacial score (nSPS) is 12.4. The van der Waals surface area contributed by atoms with Gasteiger partial charge in [-0.1, -0.05) is 36.7 Å². The lowest BCUT2D eigenvalue weighted by Crippen LogP contribution is -2.25. The molecule has 1 aromatic heterocycles. The standard InChI is InChI=1S/C18H23ClN2/c1-4-9-21-18(15-8-10-20-12-17(15)19)11-16-13(2)6-5-7-14(16)3/h5-8,10,12,18,21H,4,9,11H2,1-3H3. The summed E-state index contributed by atoms with van der Waals surface area (Å²) in [5.74, 6) is 0. The molecule has 1 atom stereocenters. The van der Waals surface area contributed by atoms with Gasteiger partial charge in [-0.05, 0) is 61.6 Å². The fraction of sp³-hybridized carbons (Fsp3) is 0.389. The molecule has 0 aliphatic rings. The van der Waals surface area contributed by atoms with Crippen LogP contribution in [0.3, 0.4) is 0 Å². The molecule has 0 saturated heterocycles. The van der Waals surface area contributed by atoms with Crippen LogP contribution >= 0.6 is 11.6 Å². The number of aryl methyl sites for hydroxylation is 2. The first kappa shape index (κ1) is 16.0. The maximum Gasteiger partial charge on any atom is 0.0637 e. The number of hydrogen-bond acceptors (Lipinski definition) is 2. The van der Waals surface area contributed by atoms with Crippen molar-refractivity contribution < 1.29 is 0 Å². The Bertz CT molecular complexity index is 575. The largest absolute Gasteiger partial charge is 0.310 e. The Morgan fingerprint density at radius 3 is 2.52 bits per heavy atom. The van der Waals surface area contributed by atoms with Crippen LogP contribution in [0.15, 0.2) is 36.7 Å². The molecule has 0 saturated carbocycles. The molecule has 0 bridgehead atoms. The smallest absolute Gasteiger partial charge is 0.0637 e. The highest BCUT2D eigenvalue weighted by atomic mass is 35.5. The minimum atomic E-state index is 0.222. The van der Waals surface area contributed by atoms with Gasteiger partial charge in [0.25, 0.3) is 0 Å². The summed E-state index contributed by atoms with van der Waals surface area (Å²) in [5.41, 5.74) is 5.20. The fourth-order valence-electron chi connectivity index (χ4n) is 2.65. The Balaban J connectivity index is 2.31. The van der Waals surface area contributed by atoms with Crippen LogP contribution < -0.4 is 5.32 Å². The Kier molecular flexibility index (Phi) is 5.77. The van der Waals surface area contributed by atoms with Gasteiger partial charge in [0.05, 0.1) is 5.02 Å². The summed E-state index contributed by atoms with van der Waals surface area (Å²) in [4.78, 5) is 4.09. The molecule has 1 unspecified atom stereocenters. The topological polar surface area (TPSA) is 24.9 Å². The first-order valence-electron chi connectivity index (χ1n) is 7.51. The van der Waals surface area contributed by atoms with E-state index >= 15 is 0 Å². The van der Waals surface area contributed by atoms with Crippen LogP contribution in [0.1, 0.15) is 41.6 Å². The molecule has 0 radical (unpaired) electrons. The second-order valence-corrected chi connectivity index (χ2v) is 5.89. The van der Waals surface area contributed by atoms with Crippen molar-refractivity contribution in [2.24, 2.45) is 0 Å². The predicted octanol–water partition coefficient (Wildman–Crippen LogP) is 4.64. The maximum atomic E-state index is 6.34. The molecule has 1 N–H and O–H groups in total. The quantitative estimate of drug-likeness (QED) is 0.841. The zero-order chi connectivity index (χ0) is 15.2. The molecular weight excluding hydrogens is 280 g/mol. The molecule has 0 fully saturated rings. The molecule has 21 heavy (non-hydrogen) atoms. The summed E-state index contributed by atoms with van der Waals surface area (Å²) in [6.07, 6.45) is 5.59. The van der Waals surface area contributed by atoms with Crippen molar-refractivity contribution in [2.75, 3.05) is 6.54 Å². The van der Waals surface area contributed by atoms with E-state index in [-0.39, 0.29) is 6.04 Å². The van der Waals surface area contributed by atoms with E-state index in [9.17, 15) is 0 Å². The van der Waals surface area contributed by atoms with Crippen molar-refractivity contribution in [3.63, 3.8) is 0 Å². The summed E-state index contributed by atoms with van der Waals surface area (Å²) in [5, 5.41) is 4.35. The third kappa shape index (κ3) is 4.05. The highest BCUT2D eigenvalue weighted by molar-refractivity contribution is 6.31. The van der Waals surface area contributed by atoms with Crippen LogP contribution in [0.4, 0.5) is 0 Å². The number of nitrogens with one attached hydrogen (secondary N) is 1. The Labute approximate surface area is 132 Å². The van der Waals surface area contributed by atoms with Gasteiger partial charge < -0.3 is 5.32 Å². The lowest BCUT2D eigenvalue weighted by Gasteiger charge is -2.22. The van der Waals surface area contributed by atoms with Crippen LogP contribution in [-0.4, -0.2) is 11.5 Å². The van der Waals surface area contributed by atoms with Crippen molar-refractivity contribution >= 4 is 11.6 Å². The Morgan fingerprint density at radius 1 is 1.19 bits per heavy atom. The van der Waals surface area contributed by atoms with E-state index in [0.29, 0.717) is 0 Å². The van der Waals surface area contributed by atoms with Gasteiger partial charge >= 0.3 is 0 Å². The summed E-state index contributed by atoms with van der Waals surface area (Å²) < 4.78 is 0. The maximum absolute atomic E-state index is 6.34. The van der Waals surface area contributed by atoms with Gasteiger partial charge in [0.1, 0.15) is 0 Å². The molecule has 2 rings (SSSR count). The van der Waals surface area contributed by atoms with Crippen LogP contribution in [0, 0.1) is 13.8 Å². The molecular formula is C18H23ClN2. The van der Waals surface area contributed by atoms with E-state index in [4.69, 9.17) is 11.6 Å². The lowest BCUT2D eigenvalue weighted by atomic mass is 9.93. The number of aromatic nitrogens is 1. The summed E-state index contributed by atoms with van der Waals surface area (Å²) in [7, 11) is 0. The number of hydrogen-bond donors (Lipinski definition) is 1. The average molecular weight is 303 g/mol. The third-order valence-electron chi connectivity index (χ3n) is 3.87. The van der Waals surface area contributed by atoms with Crippen molar-refractivity contribution in [1.29, 1.82) is 0 Å². The van der Waals surface area contributed by atoms with Crippen LogP contribution in [0.5, 0.6) is 0 Å². The first-order valence-corrected chi connectivity index (χ1v) is 7.89. The van der Waals surface area contributed by atoms with Gasteiger partial charge in [-0.15, -0.1) is 0 Å². The Hall–Kier alpha value is -1.38. The summed E-state index contributed by atoms with van der Waals surface area (Å²) >= 11 is 6.34. The first-order chi connectivity index (χ1) is 10.1. The van der Waals surface area contributed by atoms with Gasteiger partial charge in [-0.3, -0.25) is 4.98 Å². The SMILES string of the molecule is CCCNC(Cc1c(C)cccc1C)c1ccncc1Cl. The molecule has 2 aromatic rings. The number of pyridine rings is 1. The Morgan fingerprint density at radius 2 is 1.90 bits per heavy atom. The van der Waals surface area contributed by atoms with Crippen molar-refractivity contribution in [3.8, 4) is 0 Å². The molecule has 1 heterocycles. The summed E-state index contributed by atoms with van der Waals surface area (Å²) in [6.45, 7) is 7.51. The minimum absolute atomic E-state index is 0.222. The minimum Gasteiger partial charge on any atom is -0.310 e. The van der Waals surface area contributed by atoms with Crippen molar-refractivity contribution in [1.82, 2.24) is 10.3 Å². The van der Waals surface area contributed by atoms with Gasteiger partial charge in [0.2, 0.25) is 0 Å². The molecule has 0 aliphatic heterocycles. The second kappa shape index (κ2) is 7.58. The molecule has 0 spiro atoms. The fourth-order valence-corrected chi connectivity index (χ4v) is 2.91. The van der Waals surface area contributed by atoms with Gasteiger partial charge in [0.15, 0.2) is 0 Å². The molecule has 2 nitrogen and oxygen atoms in total. The monoisotopic (exact) mass is 302 g/mol. The van der Waals surface area contributed by atoms with E-state index in [0.717, 1.165) is 30.0 Å². The predicted molar refractivity (Wildman–Crippen MR) is 89.9 cm³/mol. The highest BCUT2D eigenvalue weighted by Gasteiger charge is 2.16. The molecule has 112 valence electrons. The molecule has 3 heteroatoms. The van der Waals surface area contributed by atoms with Crippen LogP contribution in [0.2, 0.25) is 5.02 Å². The van der Waals surface area contributed by atoms with Gasteiger partial charge in [-0.2, -0.15) is 0 Å². The number of rotatable bonds is 6. The zero-order valence-electron chi connectivity index (χ0n) is 13.0. The van der Waals surface area contributed by atoms with Crippen LogP contribution in [-0.2, 0) is 6.42 Å². The lowest BCUT2D eigenvalue weighted by molar-refractivity contribution is 0.527. The molecule has 1 aromatic carbocycles. The van der Waals surface area contributed by atoms with Crippen molar-refractivity contribution in [2.45, 2.75) is 39.7 Å². The van der Waals surface area contributed by atoms with Crippen molar-refractivity contribution in [3.05, 3.63) is 63.9 Å². The number of benzene rings is 1. The van der Waals surface area contributed by atoms with Gasteiger partial charge in [-0.25, -0.2) is 0 Å².